The molecule has 106 valence electrons. The van der Waals surface area contributed by atoms with E-state index in [0.29, 0.717) is 12.2 Å². The van der Waals surface area contributed by atoms with Gasteiger partial charge in [0.25, 0.3) is 0 Å². The number of hydrogen-bond acceptors (Lipinski definition) is 4. The second kappa shape index (κ2) is 5.54. The molecule has 1 fully saturated rings. The van der Waals surface area contributed by atoms with Gasteiger partial charge in [0.15, 0.2) is 0 Å². The molecular weight excluding hydrogens is 271 g/mol. The van der Waals surface area contributed by atoms with Crippen LogP contribution in [-0.4, -0.2) is 45.1 Å². The van der Waals surface area contributed by atoms with Crippen molar-refractivity contribution < 1.29 is 17.5 Å². The van der Waals surface area contributed by atoms with Crippen molar-refractivity contribution >= 4 is 10.0 Å². The monoisotopic (exact) mass is 288 g/mol. The highest BCUT2D eigenvalue weighted by Crippen LogP contribution is 2.22. The van der Waals surface area contributed by atoms with E-state index in [4.69, 9.17) is 10.5 Å². The largest absolute Gasteiger partial charge is 0.374 e. The van der Waals surface area contributed by atoms with E-state index < -0.39 is 15.8 Å². The van der Waals surface area contributed by atoms with Crippen molar-refractivity contribution in [2.24, 2.45) is 5.73 Å². The highest BCUT2D eigenvalue weighted by atomic mass is 32.2. The lowest BCUT2D eigenvalue weighted by molar-refractivity contribution is 0.00449. The van der Waals surface area contributed by atoms with Gasteiger partial charge in [-0.2, -0.15) is 4.31 Å². The molecule has 7 heteroatoms. The number of hydrogen-bond donors (Lipinski definition) is 1. The van der Waals surface area contributed by atoms with Crippen LogP contribution in [-0.2, 0) is 14.8 Å². The number of sulfonamides is 1. The van der Waals surface area contributed by atoms with Gasteiger partial charge in [0.05, 0.1) is 17.6 Å². The summed E-state index contributed by atoms with van der Waals surface area (Å²) in [6, 6.07) is 3.76. The molecule has 0 spiro atoms. The van der Waals surface area contributed by atoms with Gasteiger partial charge in [-0.05, 0) is 24.6 Å². The minimum absolute atomic E-state index is 0.00479. The third kappa shape index (κ3) is 2.94. The normalized spacial score (nSPS) is 21.5. The molecule has 0 unspecified atom stereocenters. The van der Waals surface area contributed by atoms with Gasteiger partial charge >= 0.3 is 0 Å². The van der Waals surface area contributed by atoms with Gasteiger partial charge in [0.2, 0.25) is 10.0 Å². The third-order valence-electron chi connectivity index (χ3n) is 3.13. The molecule has 2 N–H and O–H groups in total. The molecule has 0 aromatic heterocycles. The van der Waals surface area contributed by atoms with Crippen LogP contribution in [0.3, 0.4) is 0 Å². The SMILES string of the molecule is Cc1ccc(F)cc1S(=O)(=O)N1CCO[C@H](CN)C1. The fourth-order valence-electron chi connectivity index (χ4n) is 2.04. The Hall–Kier alpha value is -1.02. The zero-order valence-corrected chi connectivity index (χ0v) is 11.5. The highest BCUT2D eigenvalue weighted by Gasteiger charge is 2.31. The molecule has 1 aromatic rings. The standard InChI is InChI=1S/C12H17FN2O3S/c1-9-2-3-10(13)6-12(9)19(16,17)15-4-5-18-11(7-14)8-15/h2-3,6,11H,4-5,7-8,14H2,1H3/t11-/m1/s1. The smallest absolute Gasteiger partial charge is 0.243 e. The van der Waals surface area contributed by atoms with Crippen molar-refractivity contribution in [3.05, 3.63) is 29.6 Å². The number of aryl methyl sites for hydroxylation is 1. The Bertz CT molecular complexity index is 562. The highest BCUT2D eigenvalue weighted by molar-refractivity contribution is 7.89. The van der Waals surface area contributed by atoms with E-state index >= 15 is 0 Å². The number of nitrogens with zero attached hydrogens (tertiary/aromatic N) is 1. The molecule has 0 aliphatic carbocycles. The average molecular weight is 288 g/mol. The van der Waals surface area contributed by atoms with E-state index in [0.717, 1.165) is 6.07 Å². The molecule has 0 bridgehead atoms. The molecule has 1 heterocycles. The summed E-state index contributed by atoms with van der Waals surface area (Å²) in [6.45, 7) is 2.67. The van der Waals surface area contributed by atoms with Crippen LogP contribution in [0.1, 0.15) is 5.56 Å². The number of morpholine rings is 1. The molecule has 1 saturated heterocycles. The summed E-state index contributed by atoms with van der Waals surface area (Å²) in [6.07, 6.45) is -0.308. The van der Waals surface area contributed by atoms with Gasteiger partial charge in [0, 0.05) is 19.6 Å². The van der Waals surface area contributed by atoms with Crippen molar-refractivity contribution in [3.63, 3.8) is 0 Å². The zero-order chi connectivity index (χ0) is 14.0. The van der Waals surface area contributed by atoms with E-state index in [1.807, 2.05) is 0 Å². The Morgan fingerprint density at radius 1 is 1.53 bits per heavy atom. The molecule has 0 amide bonds. The lowest BCUT2D eigenvalue weighted by atomic mass is 10.2. The zero-order valence-electron chi connectivity index (χ0n) is 10.7. The maximum absolute atomic E-state index is 13.3. The first-order chi connectivity index (χ1) is 8.95. The Labute approximate surface area is 112 Å². The Balaban J connectivity index is 2.34. The Morgan fingerprint density at radius 2 is 2.26 bits per heavy atom. The first kappa shape index (κ1) is 14.4. The summed E-state index contributed by atoms with van der Waals surface area (Å²) in [5.41, 5.74) is 6.02. The molecule has 2 rings (SSSR count). The van der Waals surface area contributed by atoms with Gasteiger partial charge < -0.3 is 10.5 Å². The van der Waals surface area contributed by atoms with E-state index in [-0.39, 0.29) is 30.6 Å². The van der Waals surface area contributed by atoms with Gasteiger partial charge in [-0.25, -0.2) is 12.8 Å². The van der Waals surface area contributed by atoms with Gasteiger partial charge in [0.1, 0.15) is 5.82 Å². The summed E-state index contributed by atoms with van der Waals surface area (Å²) < 4.78 is 44.9. The molecule has 1 atom stereocenters. The maximum Gasteiger partial charge on any atom is 0.243 e. The number of benzene rings is 1. The predicted molar refractivity (Wildman–Crippen MR) is 68.7 cm³/mol. The Morgan fingerprint density at radius 3 is 2.95 bits per heavy atom. The maximum atomic E-state index is 13.3. The fourth-order valence-corrected chi connectivity index (χ4v) is 3.74. The first-order valence-electron chi connectivity index (χ1n) is 6.03. The third-order valence-corrected chi connectivity index (χ3v) is 5.14. The van der Waals surface area contributed by atoms with Gasteiger partial charge in [-0.3, -0.25) is 0 Å². The summed E-state index contributed by atoms with van der Waals surface area (Å²) in [4.78, 5) is 0.00479. The van der Waals surface area contributed by atoms with Crippen LogP contribution in [0, 0.1) is 12.7 Å². The number of rotatable bonds is 3. The molecule has 1 aromatic carbocycles. The van der Waals surface area contributed by atoms with Gasteiger partial charge in [-0.1, -0.05) is 6.07 Å². The van der Waals surface area contributed by atoms with Crippen LogP contribution in [0.4, 0.5) is 4.39 Å². The molecule has 0 radical (unpaired) electrons. The first-order valence-corrected chi connectivity index (χ1v) is 7.47. The number of ether oxygens (including phenoxy) is 1. The van der Waals surface area contributed by atoms with Crippen molar-refractivity contribution in [1.82, 2.24) is 4.31 Å². The summed E-state index contributed by atoms with van der Waals surface area (Å²) in [5, 5.41) is 0. The van der Waals surface area contributed by atoms with Crippen LogP contribution < -0.4 is 5.73 Å². The topological polar surface area (TPSA) is 72.6 Å². The number of nitrogens with two attached hydrogens (primary N) is 1. The van der Waals surface area contributed by atoms with Crippen molar-refractivity contribution in [2.75, 3.05) is 26.2 Å². The molecule has 19 heavy (non-hydrogen) atoms. The van der Waals surface area contributed by atoms with E-state index in [1.165, 1.54) is 16.4 Å². The fraction of sp³-hybridized carbons (Fsp3) is 0.500. The average Bonchev–Trinajstić information content (AvgIpc) is 2.41. The van der Waals surface area contributed by atoms with Crippen molar-refractivity contribution in [3.8, 4) is 0 Å². The van der Waals surface area contributed by atoms with E-state index in [1.54, 1.807) is 6.92 Å². The van der Waals surface area contributed by atoms with Crippen LogP contribution in [0.5, 0.6) is 0 Å². The molecular formula is C12H17FN2O3S. The van der Waals surface area contributed by atoms with E-state index in [2.05, 4.69) is 0 Å². The Kier molecular flexibility index (Phi) is 4.19. The van der Waals surface area contributed by atoms with Gasteiger partial charge in [-0.15, -0.1) is 0 Å². The van der Waals surface area contributed by atoms with E-state index in [9.17, 15) is 12.8 Å². The quantitative estimate of drug-likeness (QED) is 0.878. The minimum atomic E-state index is -3.70. The van der Waals surface area contributed by atoms with Crippen LogP contribution in [0.2, 0.25) is 0 Å². The van der Waals surface area contributed by atoms with Crippen molar-refractivity contribution in [1.29, 1.82) is 0 Å². The molecule has 5 nitrogen and oxygen atoms in total. The second-order valence-corrected chi connectivity index (χ2v) is 6.41. The van der Waals surface area contributed by atoms with Crippen LogP contribution in [0.25, 0.3) is 0 Å². The predicted octanol–water partition coefficient (Wildman–Crippen LogP) is 0.482. The summed E-state index contributed by atoms with van der Waals surface area (Å²) in [7, 11) is -3.70. The lowest BCUT2D eigenvalue weighted by Gasteiger charge is -2.31. The summed E-state index contributed by atoms with van der Waals surface area (Å²) >= 11 is 0. The minimum Gasteiger partial charge on any atom is -0.374 e. The summed E-state index contributed by atoms with van der Waals surface area (Å²) in [5.74, 6) is -0.562. The number of halogens is 1. The molecule has 1 aliphatic heterocycles. The lowest BCUT2D eigenvalue weighted by Crippen LogP contribution is -2.48. The second-order valence-electron chi connectivity index (χ2n) is 4.50. The van der Waals surface area contributed by atoms with Crippen LogP contribution >= 0.6 is 0 Å². The van der Waals surface area contributed by atoms with Crippen LogP contribution in [0.15, 0.2) is 23.1 Å². The van der Waals surface area contributed by atoms with Crippen molar-refractivity contribution in [2.45, 2.75) is 17.9 Å². The molecule has 1 aliphatic rings. The molecule has 0 saturated carbocycles.